The summed E-state index contributed by atoms with van der Waals surface area (Å²) in [5, 5.41) is 1.36. The lowest BCUT2D eigenvalue weighted by atomic mass is 10.0. The van der Waals surface area contributed by atoms with Crippen LogP contribution < -0.4 is 5.73 Å². The lowest BCUT2D eigenvalue weighted by Crippen LogP contribution is -2.41. The van der Waals surface area contributed by atoms with Crippen molar-refractivity contribution in [2.24, 2.45) is 5.73 Å². The molecule has 0 saturated carbocycles. The van der Waals surface area contributed by atoms with Gasteiger partial charge in [-0.1, -0.05) is 13.8 Å². The molecule has 1 aromatic carbocycles. The normalized spacial score (nSPS) is 28.4. The Balaban J connectivity index is 2.09. The molecule has 0 spiro atoms. The Labute approximate surface area is 135 Å². The second kappa shape index (κ2) is 6.99. The number of thioether (sulfide) groups is 2. The van der Waals surface area contributed by atoms with Crippen molar-refractivity contribution in [2.75, 3.05) is 5.75 Å². The summed E-state index contributed by atoms with van der Waals surface area (Å²) < 4.78 is 28.0. The van der Waals surface area contributed by atoms with Gasteiger partial charge in [0.25, 0.3) is 0 Å². The number of nitrogens with two attached hydrogens (primary N) is 1. The molecule has 2 rings (SSSR count). The molecule has 20 heavy (non-hydrogen) atoms. The first-order valence-corrected chi connectivity index (χ1v) is 9.33. The summed E-state index contributed by atoms with van der Waals surface area (Å²) in [6.45, 7) is 4.39. The summed E-state index contributed by atoms with van der Waals surface area (Å²) in [5.41, 5.74) is 6.28. The van der Waals surface area contributed by atoms with E-state index < -0.39 is 11.6 Å². The average Bonchev–Trinajstić information content (AvgIpc) is 2.42. The summed E-state index contributed by atoms with van der Waals surface area (Å²) in [5.74, 6) is -0.111. The Bertz CT molecular complexity index is 486. The molecule has 1 nitrogen and oxygen atoms in total. The summed E-state index contributed by atoms with van der Waals surface area (Å²) in [4.78, 5) is 0. The van der Waals surface area contributed by atoms with Crippen LogP contribution in [0.2, 0.25) is 0 Å². The summed E-state index contributed by atoms with van der Waals surface area (Å²) in [6.07, 6.45) is 0.233. The summed E-state index contributed by atoms with van der Waals surface area (Å²) in [6, 6.07) is 2.43. The Morgan fingerprint density at radius 3 is 2.70 bits per heavy atom. The van der Waals surface area contributed by atoms with Gasteiger partial charge in [0.1, 0.15) is 11.6 Å². The van der Waals surface area contributed by atoms with Crippen molar-refractivity contribution in [1.82, 2.24) is 0 Å². The topological polar surface area (TPSA) is 26.0 Å². The highest BCUT2D eigenvalue weighted by Crippen LogP contribution is 2.37. The SMILES string of the molecule is CC1SCC(C(N)Cc2c(F)ccc(Br)c2F)SC1C. The zero-order chi connectivity index (χ0) is 14.9. The van der Waals surface area contributed by atoms with E-state index in [1.54, 1.807) is 0 Å². The molecular formula is C14H18BrF2NS2. The van der Waals surface area contributed by atoms with E-state index >= 15 is 0 Å². The minimum absolute atomic E-state index is 0.0868. The van der Waals surface area contributed by atoms with E-state index in [1.165, 1.54) is 12.1 Å². The van der Waals surface area contributed by atoms with Crippen LogP contribution in [0.25, 0.3) is 0 Å². The Kier molecular flexibility index (Phi) is 5.79. The van der Waals surface area contributed by atoms with Crippen LogP contribution >= 0.6 is 39.5 Å². The molecule has 1 saturated heterocycles. The zero-order valence-corrected chi connectivity index (χ0v) is 14.6. The molecule has 0 amide bonds. The van der Waals surface area contributed by atoms with Crippen LogP contribution in [-0.2, 0) is 6.42 Å². The first kappa shape index (κ1) is 16.6. The highest BCUT2D eigenvalue weighted by atomic mass is 79.9. The lowest BCUT2D eigenvalue weighted by molar-refractivity contribution is 0.530. The van der Waals surface area contributed by atoms with E-state index in [0.29, 0.717) is 10.5 Å². The molecule has 1 fully saturated rings. The molecule has 1 aromatic rings. The third-order valence-electron chi connectivity index (χ3n) is 3.63. The molecule has 4 unspecified atom stereocenters. The van der Waals surface area contributed by atoms with Crippen LogP contribution in [0.5, 0.6) is 0 Å². The second-order valence-electron chi connectivity index (χ2n) is 5.11. The predicted octanol–water partition coefficient (Wildman–Crippen LogP) is 4.22. The molecule has 0 radical (unpaired) electrons. The molecule has 1 aliphatic rings. The first-order chi connectivity index (χ1) is 9.40. The van der Waals surface area contributed by atoms with Crippen LogP contribution in [0, 0.1) is 11.6 Å². The minimum atomic E-state index is -0.532. The fourth-order valence-electron chi connectivity index (χ4n) is 2.16. The Morgan fingerprint density at radius 2 is 2.05 bits per heavy atom. The van der Waals surface area contributed by atoms with Gasteiger partial charge in [0.15, 0.2) is 0 Å². The third-order valence-corrected chi connectivity index (χ3v) is 7.81. The highest BCUT2D eigenvalue weighted by molar-refractivity contribution is 9.10. The van der Waals surface area contributed by atoms with E-state index in [1.807, 2.05) is 23.5 Å². The van der Waals surface area contributed by atoms with Gasteiger partial charge in [0.05, 0.1) is 4.47 Å². The van der Waals surface area contributed by atoms with E-state index in [0.717, 1.165) is 5.75 Å². The molecule has 1 aliphatic heterocycles. The van der Waals surface area contributed by atoms with Crippen molar-refractivity contribution in [1.29, 1.82) is 0 Å². The van der Waals surface area contributed by atoms with Crippen LogP contribution in [0.15, 0.2) is 16.6 Å². The van der Waals surface area contributed by atoms with Crippen molar-refractivity contribution in [3.63, 3.8) is 0 Å². The molecule has 112 valence electrons. The van der Waals surface area contributed by atoms with Crippen LogP contribution in [0.3, 0.4) is 0 Å². The second-order valence-corrected chi connectivity index (χ2v) is 8.99. The van der Waals surface area contributed by atoms with Gasteiger partial charge in [-0.05, 0) is 34.5 Å². The predicted molar refractivity (Wildman–Crippen MR) is 88.5 cm³/mol. The highest BCUT2D eigenvalue weighted by Gasteiger charge is 2.30. The van der Waals surface area contributed by atoms with Gasteiger partial charge in [0.2, 0.25) is 0 Å². The summed E-state index contributed by atoms with van der Waals surface area (Å²) >= 11 is 6.81. The summed E-state index contributed by atoms with van der Waals surface area (Å²) in [7, 11) is 0. The van der Waals surface area contributed by atoms with E-state index in [-0.39, 0.29) is 27.7 Å². The van der Waals surface area contributed by atoms with Gasteiger partial charge in [-0.25, -0.2) is 8.78 Å². The van der Waals surface area contributed by atoms with E-state index in [2.05, 4.69) is 29.8 Å². The molecule has 0 aromatic heterocycles. The standard InChI is InChI=1S/C14H18BrF2NS2/c1-7-8(2)20-13(6-19-7)12(18)5-9-11(16)4-3-10(15)14(9)17/h3-4,7-8,12-13H,5-6,18H2,1-2H3. The Morgan fingerprint density at radius 1 is 1.35 bits per heavy atom. The molecule has 0 aliphatic carbocycles. The van der Waals surface area contributed by atoms with Gasteiger partial charge < -0.3 is 5.73 Å². The van der Waals surface area contributed by atoms with Crippen molar-refractivity contribution in [2.45, 2.75) is 42.1 Å². The van der Waals surface area contributed by atoms with Gasteiger partial charge in [0, 0.05) is 33.1 Å². The van der Waals surface area contributed by atoms with Crippen LogP contribution in [-0.4, -0.2) is 27.5 Å². The lowest BCUT2D eigenvalue weighted by Gasteiger charge is -2.34. The quantitative estimate of drug-likeness (QED) is 0.793. The van der Waals surface area contributed by atoms with Crippen molar-refractivity contribution < 1.29 is 8.78 Å². The fraction of sp³-hybridized carbons (Fsp3) is 0.571. The number of benzene rings is 1. The first-order valence-electron chi connectivity index (χ1n) is 6.55. The van der Waals surface area contributed by atoms with Gasteiger partial charge in [-0.3, -0.25) is 0 Å². The zero-order valence-electron chi connectivity index (χ0n) is 11.4. The van der Waals surface area contributed by atoms with Gasteiger partial charge in [-0.2, -0.15) is 23.5 Å². The van der Waals surface area contributed by atoms with E-state index in [9.17, 15) is 8.78 Å². The van der Waals surface area contributed by atoms with Crippen LogP contribution in [0.4, 0.5) is 8.78 Å². The van der Waals surface area contributed by atoms with Crippen LogP contribution in [0.1, 0.15) is 19.4 Å². The van der Waals surface area contributed by atoms with Gasteiger partial charge in [-0.15, -0.1) is 0 Å². The molecular weight excluding hydrogens is 364 g/mol. The third kappa shape index (κ3) is 3.70. The number of hydrogen-bond donors (Lipinski definition) is 1. The molecule has 2 N–H and O–H groups in total. The maximum atomic E-state index is 14.0. The van der Waals surface area contributed by atoms with Crippen molar-refractivity contribution in [3.05, 3.63) is 33.8 Å². The smallest absolute Gasteiger partial charge is 0.143 e. The molecule has 0 bridgehead atoms. The van der Waals surface area contributed by atoms with E-state index in [4.69, 9.17) is 5.73 Å². The Hall–Kier alpha value is 0.220. The van der Waals surface area contributed by atoms with Crippen molar-refractivity contribution in [3.8, 4) is 0 Å². The molecule has 4 atom stereocenters. The number of halogens is 3. The largest absolute Gasteiger partial charge is 0.326 e. The number of rotatable bonds is 3. The maximum Gasteiger partial charge on any atom is 0.143 e. The van der Waals surface area contributed by atoms with Crippen molar-refractivity contribution >= 4 is 39.5 Å². The molecule has 6 heteroatoms. The maximum absolute atomic E-state index is 14.0. The molecule has 1 heterocycles. The average molecular weight is 382 g/mol. The minimum Gasteiger partial charge on any atom is -0.326 e. The number of hydrogen-bond acceptors (Lipinski definition) is 3. The van der Waals surface area contributed by atoms with Gasteiger partial charge >= 0.3 is 0 Å². The monoisotopic (exact) mass is 381 g/mol. The fourth-order valence-corrected chi connectivity index (χ4v) is 5.59.